The van der Waals surface area contributed by atoms with Gasteiger partial charge in [-0.15, -0.1) is 0 Å². The van der Waals surface area contributed by atoms with Crippen molar-refractivity contribution in [3.63, 3.8) is 0 Å². The molecule has 0 heterocycles. The van der Waals surface area contributed by atoms with Gasteiger partial charge in [0.25, 0.3) is 0 Å². The molecule has 6 nitrogen and oxygen atoms in total. The van der Waals surface area contributed by atoms with Crippen LogP contribution in [0, 0.1) is 0 Å². The van der Waals surface area contributed by atoms with Crippen molar-refractivity contribution >= 4 is 116 Å². The van der Waals surface area contributed by atoms with E-state index in [2.05, 4.69) is 326 Å². The molecular weight excluding hydrogens is 1220 g/mol. The fraction of sp³-hybridized carbons (Fsp3) is 0.191. The Kier molecular flexibility index (Phi) is 21.9. The molecule has 2 aliphatic carbocycles. The maximum atomic E-state index is 5.50. The van der Waals surface area contributed by atoms with E-state index in [1.54, 1.807) is 14.2 Å². The number of methoxy groups -OCH3 is 2. The van der Waals surface area contributed by atoms with E-state index in [0.29, 0.717) is 0 Å². The fourth-order valence-electron chi connectivity index (χ4n) is 14.2. The molecule has 0 fully saturated rings. The summed E-state index contributed by atoms with van der Waals surface area (Å²) in [5.74, 6) is 1.72. The fourth-order valence-corrected chi connectivity index (χ4v) is 14.2. The lowest BCUT2D eigenvalue weighted by atomic mass is 9.90. The quantitative estimate of drug-likeness (QED) is 0.0629. The van der Waals surface area contributed by atoms with Crippen molar-refractivity contribution < 1.29 is 9.47 Å². The van der Waals surface area contributed by atoms with E-state index >= 15 is 0 Å². The number of benzene rings is 12. The smallest absolute Gasteiger partial charge is 0.119 e. The van der Waals surface area contributed by atoms with Crippen LogP contribution in [0.25, 0.3) is 70.2 Å². The number of ether oxygens (including phenoxy) is 2. The van der Waals surface area contributed by atoms with Crippen molar-refractivity contribution in [2.75, 3.05) is 60.0 Å². The van der Waals surface area contributed by atoms with Crippen LogP contribution >= 0.6 is 0 Å². The Morgan fingerprint density at radius 3 is 0.800 bits per heavy atom. The molecule has 100 heavy (non-hydrogen) atoms. The SMILES string of the molecule is CCN(CC)c1ccc(C=Cc2ccc3cc(C=Cc4ccc(N(CC)CC)cc4)ccc3c2)cc1.COc1ccc(N(c2ccc(C=Cc3ccc4cc(C=Cc5ccc(N(c6ccc(OC)cc6)c6cccc7c6CCCC7)cc5)ccc4c3)cc2)c2cccc3c2CCCC3)cc1. The zero-order valence-electron chi connectivity index (χ0n) is 59.0. The monoisotopic (exact) mass is 1310 g/mol. The minimum Gasteiger partial charge on any atom is -0.497 e. The first-order chi connectivity index (χ1) is 49.2. The van der Waals surface area contributed by atoms with Crippen LogP contribution in [-0.2, 0) is 25.7 Å². The standard InChI is InChI=1S/C60H54N2O2.C34H38N2/c1-63-55-37-33-53(34-38-55)61(59-15-7-11-47-9-3-5-13-57(47)59)51-29-23-43(24-30-51)17-19-45-21-27-50-42-46(22-28-49(50)41-45)20-18-44-25-31-52(32-26-44)62(54-35-39-56(64-2)40-36-54)60-16-8-12-48-10-4-6-14-58(48)60;1-5-35(6-2)33-21-15-27(16-22-33)9-11-29-13-19-32-26-30(14-20-31(32)25-29)12-10-28-17-23-34(24-18-28)36(7-3)8-4/h7-8,11-12,15-42H,3-6,9-10,13-14H2,1-2H3;9-26H,5-8H2,1-4H3. The summed E-state index contributed by atoms with van der Waals surface area (Å²) in [4.78, 5) is 9.52. The third kappa shape index (κ3) is 16.2. The molecule has 0 radical (unpaired) electrons. The molecule has 0 amide bonds. The summed E-state index contributed by atoms with van der Waals surface area (Å²) < 4.78 is 11.0. The molecule has 2 aliphatic rings. The Morgan fingerprint density at radius 2 is 0.520 bits per heavy atom. The molecule has 14 rings (SSSR count). The van der Waals surface area contributed by atoms with Crippen molar-refractivity contribution in [2.24, 2.45) is 0 Å². The zero-order valence-corrected chi connectivity index (χ0v) is 59.0. The molecule has 0 bridgehead atoms. The Labute approximate surface area is 593 Å². The lowest BCUT2D eigenvalue weighted by molar-refractivity contribution is 0.414. The molecular formula is C94H92N4O2. The number of aryl methyl sites for hydroxylation is 2. The molecule has 0 atom stereocenters. The summed E-state index contributed by atoms with van der Waals surface area (Å²) in [7, 11) is 3.44. The van der Waals surface area contributed by atoms with E-state index in [1.807, 2.05) is 24.3 Å². The van der Waals surface area contributed by atoms with Crippen LogP contribution in [-0.4, -0.2) is 40.4 Å². The van der Waals surface area contributed by atoms with Gasteiger partial charge in [-0.2, -0.15) is 0 Å². The molecule has 12 aromatic rings. The molecule has 12 aromatic carbocycles. The number of rotatable bonds is 22. The van der Waals surface area contributed by atoms with E-state index in [0.717, 1.165) is 97.2 Å². The topological polar surface area (TPSA) is 31.4 Å². The highest BCUT2D eigenvalue weighted by atomic mass is 16.5. The number of fused-ring (bicyclic) bond motifs is 4. The van der Waals surface area contributed by atoms with Gasteiger partial charge in [-0.1, -0.05) is 170 Å². The molecule has 0 unspecified atom stereocenters. The Bertz CT molecular complexity index is 4520. The van der Waals surface area contributed by atoms with E-state index in [1.165, 1.54) is 126 Å². The van der Waals surface area contributed by atoms with Crippen LogP contribution < -0.4 is 29.1 Å². The van der Waals surface area contributed by atoms with Gasteiger partial charge in [0.15, 0.2) is 0 Å². The third-order valence-electron chi connectivity index (χ3n) is 19.9. The van der Waals surface area contributed by atoms with Crippen molar-refractivity contribution in [1.29, 1.82) is 0 Å². The van der Waals surface area contributed by atoms with E-state index in [4.69, 9.17) is 9.47 Å². The zero-order chi connectivity index (χ0) is 68.6. The van der Waals surface area contributed by atoms with Crippen LogP contribution in [0.5, 0.6) is 11.5 Å². The van der Waals surface area contributed by atoms with Gasteiger partial charge in [-0.05, 0) is 301 Å². The minimum absolute atomic E-state index is 0.859. The maximum Gasteiger partial charge on any atom is 0.119 e. The Morgan fingerprint density at radius 1 is 0.270 bits per heavy atom. The molecule has 0 aromatic heterocycles. The predicted octanol–water partition coefficient (Wildman–Crippen LogP) is 24.8. The summed E-state index contributed by atoms with van der Waals surface area (Å²) in [5.41, 5.74) is 25.1. The van der Waals surface area contributed by atoms with Gasteiger partial charge in [0.1, 0.15) is 11.5 Å². The highest BCUT2D eigenvalue weighted by molar-refractivity contribution is 5.91. The molecule has 0 N–H and O–H groups in total. The van der Waals surface area contributed by atoms with Crippen LogP contribution in [0.3, 0.4) is 0 Å². The second kappa shape index (κ2) is 32.5. The summed E-state index contributed by atoms with van der Waals surface area (Å²) in [5, 5.41) is 4.97. The molecule has 500 valence electrons. The first-order valence-corrected chi connectivity index (χ1v) is 36.0. The summed E-state index contributed by atoms with van der Waals surface area (Å²) >= 11 is 0. The molecule has 0 aliphatic heterocycles. The summed E-state index contributed by atoms with van der Waals surface area (Å²) in [6.45, 7) is 12.9. The lowest BCUT2D eigenvalue weighted by Crippen LogP contribution is -2.21. The van der Waals surface area contributed by atoms with Crippen LogP contribution in [0.1, 0.15) is 120 Å². The highest BCUT2D eigenvalue weighted by Gasteiger charge is 2.22. The van der Waals surface area contributed by atoms with Gasteiger partial charge < -0.3 is 29.1 Å². The first kappa shape index (κ1) is 67.5. The lowest BCUT2D eigenvalue weighted by Gasteiger charge is -2.30. The predicted molar refractivity (Wildman–Crippen MR) is 432 cm³/mol. The average molecular weight is 1310 g/mol. The Balaban J connectivity index is 0.000000211. The Hall–Kier alpha value is -11.1. The minimum atomic E-state index is 0.859. The van der Waals surface area contributed by atoms with Gasteiger partial charge in [0, 0.05) is 71.7 Å². The largest absolute Gasteiger partial charge is 0.497 e. The number of nitrogens with zero attached hydrogens (tertiary/aromatic N) is 4. The first-order valence-electron chi connectivity index (χ1n) is 36.0. The van der Waals surface area contributed by atoms with Crippen molar-refractivity contribution in [2.45, 2.75) is 79.1 Å². The second-order valence-electron chi connectivity index (χ2n) is 26.1. The highest BCUT2D eigenvalue weighted by Crippen LogP contribution is 2.43. The van der Waals surface area contributed by atoms with Gasteiger partial charge in [0.05, 0.1) is 14.2 Å². The van der Waals surface area contributed by atoms with Gasteiger partial charge in [0.2, 0.25) is 0 Å². The maximum absolute atomic E-state index is 5.50. The molecule has 0 saturated carbocycles. The number of hydrogen-bond acceptors (Lipinski definition) is 6. The van der Waals surface area contributed by atoms with E-state index in [9.17, 15) is 0 Å². The third-order valence-corrected chi connectivity index (χ3v) is 19.9. The van der Waals surface area contributed by atoms with Crippen LogP contribution in [0.15, 0.2) is 255 Å². The summed E-state index contributed by atoms with van der Waals surface area (Å²) in [6.07, 6.45) is 27.1. The number of anilines is 8. The van der Waals surface area contributed by atoms with Crippen LogP contribution in [0.2, 0.25) is 0 Å². The van der Waals surface area contributed by atoms with Crippen molar-refractivity contribution in [1.82, 2.24) is 0 Å². The molecule has 0 saturated heterocycles. The molecule has 6 heteroatoms. The van der Waals surface area contributed by atoms with Gasteiger partial charge in [-0.3, -0.25) is 0 Å². The van der Waals surface area contributed by atoms with E-state index < -0.39 is 0 Å². The van der Waals surface area contributed by atoms with Crippen molar-refractivity contribution in [3.8, 4) is 11.5 Å². The summed E-state index contributed by atoms with van der Waals surface area (Å²) in [6, 6.07) is 92.6. The number of hydrogen-bond donors (Lipinski definition) is 0. The normalized spacial score (nSPS) is 12.8. The van der Waals surface area contributed by atoms with E-state index in [-0.39, 0.29) is 0 Å². The molecule has 0 spiro atoms. The second-order valence-corrected chi connectivity index (χ2v) is 26.1. The van der Waals surface area contributed by atoms with Gasteiger partial charge >= 0.3 is 0 Å². The van der Waals surface area contributed by atoms with Crippen molar-refractivity contribution in [3.05, 3.63) is 322 Å². The van der Waals surface area contributed by atoms with Gasteiger partial charge in [-0.25, -0.2) is 0 Å². The average Bonchev–Trinajstić information content (AvgIpc) is 0.773. The van der Waals surface area contributed by atoms with Crippen LogP contribution in [0.4, 0.5) is 45.5 Å².